The van der Waals surface area contributed by atoms with E-state index in [1.807, 2.05) is 37.3 Å². The number of anilines is 1. The molecular formula is C26H33N3O5S. The predicted molar refractivity (Wildman–Crippen MR) is 134 cm³/mol. The molecule has 0 bridgehead atoms. The number of benzene rings is 2. The van der Waals surface area contributed by atoms with Gasteiger partial charge in [0.2, 0.25) is 15.9 Å². The summed E-state index contributed by atoms with van der Waals surface area (Å²) in [6.07, 6.45) is 3.07. The van der Waals surface area contributed by atoms with E-state index in [1.54, 1.807) is 6.07 Å². The van der Waals surface area contributed by atoms with E-state index in [1.165, 1.54) is 21.3 Å². The number of piperidine rings is 1. The van der Waals surface area contributed by atoms with E-state index in [9.17, 15) is 18.0 Å². The van der Waals surface area contributed by atoms with Crippen LogP contribution in [0, 0.1) is 5.92 Å². The predicted octanol–water partition coefficient (Wildman–Crippen LogP) is 2.97. The minimum atomic E-state index is -3.71. The number of nitrogens with one attached hydrogen (secondary N) is 1. The molecule has 1 saturated heterocycles. The van der Waals surface area contributed by atoms with Crippen LogP contribution in [-0.4, -0.2) is 56.8 Å². The van der Waals surface area contributed by atoms with Crippen molar-refractivity contribution in [1.82, 2.24) is 9.62 Å². The van der Waals surface area contributed by atoms with Crippen LogP contribution in [-0.2, 0) is 26.0 Å². The molecule has 0 unspecified atom stereocenters. The summed E-state index contributed by atoms with van der Waals surface area (Å²) >= 11 is 0. The lowest BCUT2D eigenvalue weighted by Gasteiger charge is -2.32. The van der Waals surface area contributed by atoms with E-state index in [-0.39, 0.29) is 35.9 Å². The van der Waals surface area contributed by atoms with Crippen molar-refractivity contribution in [2.24, 2.45) is 5.92 Å². The first-order chi connectivity index (χ1) is 16.8. The number of carbonyl (C=O) groups excluding carboxylic acids is 2. The molecule has 2 aliphatic rings. The van der Waals surface area contributed by atoms with Crippen LogP contribution in [0.1, 0.15) is 38.7 Å². The largest absolute Gasteiger partial charge is 0.482 e. The summed E-state index contributed by atoms with van der Waals surface area (Å²) < 4.78 is 33.5. The van der Waals surface area contributed by atoms with Crippen LogP contribution in [0.3, 0.4) is 0 Å². The fourth-order valence-electron chi connectivity index (χ4n) is 4.50. The molecular weight excluding hydrogens is 466 g/mol. The topological polar surface area (TPSA) is 96.0 Å². The second kappa shape index (κ2) is 10.8. The van der Waals surface area contributed by atoms with Crippen LogP contribution >= 0.6 is 0 Å². The Morgan fingerprint density at radius 3 is 2.54 bits per heavy atom. The molecule has 1 N–H and O–H groups in total. The van der Waals surface area contributed by atoms with Gasteiger partial charge in [0.1, 0.15) is 12.3 Å². The highest BCUT2D eigenvalue weighted by Gasteiger charge is 2.32. The number of fused-ring (bicyclic) bond motifs is 1. The number of rotatable bonds is 8. The Balaban J connectivity index is 1.50. The average molecular weight is 500 g/mol. The van der Waals surface area contributed by atoms with Gasteiger partial charge in [-0.2, -0.15) is 4.31 Å². The SMILES string of the molecule is CC[C@@H](Cc1ccccc1)NC(=O)CN1C(=O)COc2ccc(S(=O)(=O)N3CCC(C)CC3)cc21. The van der Waals surface area contributed by atoms with Gasteiger partial charge in [-0.25, -0.2) is 8.42 Å². The van der Waals surface area contributed by atoms with Gasteiger partial charge in [0.05, 0.1) is 10.6 Å². The van der Waals surface area contributed by atoms with Crippen molar-refractivity contribution in [2.45, 2.75) is 50.5 Å². The zero-order valence-electron chi connectivity index (χ0n) is 20.3. The zero-order valence-corrected chi connectivity index (χ0v) is 21.1. The van der Waals surface area contributed by atoms with Gasteiger partial charge in [0.15, 0.2) is 6.61 Å². The summed E-state index contributed by atoms with van der Waals surface area (Å²) in [7, 11) is -3.71. The molecule has 8 nitrogen and oxygen atoms in total. The molecule has 9 heteroatoms. The van der Waals surface area contributed by atoms with Crippen LogP contribution < -0.4 is 15.0 Å². The fourth-order valence-corrected chi connectivity index (χ4v) is 5.99. The first kappa shape index (κ1) is 25.2. The van der Waals surface area contributed by atoms with Gasteiger partial charge >= 0.3 is 0 Å². The summed E-state index contributed by atoms with van der Waals surface area (Å²) in [5.74, 6) is 0.205. The Kier molecular flexibility index (Phi) is 7.76. The summed E-state index contributed by atoms with van der Waals surface area (Å²) in [5.41, 5.74) is 1.42. The highest BCUT2D eigenvalue weighted by Crippen LogP contribution is 2.35. The first-order valence-electron chi connectivity index (χ1n) is 12.2. The molecule has 0 aliphatic carbocycles. The van der Waals surface area contributed by atoms with Crippen molar-refractivity contribution in [3.63, 3.8) is 0 Å². The molecule has 2 heterocycles. The molecule has 4 rings (SSSR count). The molecule has 35 heavy (non-hydrogen) atoms. The van der Waals surface area contributed by atoms with Crippen molar-refractivity contribution in [3.8, 4) is 5.75 Å². The van der Waals surface area contributed by atoms with Crippen LogP contribution in [0.15, 0.2) is 53.4 Å². The number of hydrogen-bond donors (Lipinski definition) is 1. The zero-order chi connectivity index (χ0) is 25.0. The highest BCUT2D eigenvalue weighted by atomic mass is 32.2. The first-order valence-corrected chi connectivity index (χ1v) is 13.6. The molecule has 1 atom stereocenters. The van der Waals surface area contributed by atoms with E-state index in [0.717, 1.165) is 24.8 Å². The molecule has 2 aromatic rings. The maximum atomic E-state index is 13.3. The third kappa shape index (κ3) is 5.85. The quantitative estimate of drug-likeness (QED) is 0.603. The smallest absolute Gasteiger partial charge is 0.265 e. The summed E-state index contributed by atoms with van der Waals surface area (Å²) in [5, 5.41) is 3.01. The Morgan fingerprint density at radius 1 is 1.14 bits per heavy atom. The molecule has 0 radical (unpaired) electrons. The van der Waals surface area contributed by atoms with E-state index in [4.69, 9.17) is 4.74 Å². The molecule has 2 aliphatic heterocycles. The molecule has 1 fully saturated rings. The Labute approximate surface area is 207 Å². The minimum absolute atomic E-state index is 0.0753. The molecule has 2 aromatic carbocycles. The van der Waals surface area contributed by atoms with Gasteiger partial charge in [-0.05, 0) is 55.4 Å². The number of nitrogens with zero attached hydrogens (tertiary/aromatic N) is 2. The standard InChI is InChI=1S/C26H33N3O5S/c1-3-21(15-20-7-5-4-6-8-20)27-25(30)17-29-23-16-22(9-10-24(23)34-18-26(29)31)35(32,33)28-13-11-19(2)12-14-28/h4-10,16,19,21H,3,11-15,17-18H2,1-2H3,(H,27,30)/t21-/m0/s1. The lowest BCUT2D eigenvalue weighted by atomic mass is 10.0. The second-order valence-corrected chi connectivity index (χ2v) is 11.3. The van der Waals surface area contributed by atoms with Crippen LogP contribution in [0.25, 0.3) is 0 Å². The number of hydrogen-bond acceptors (Lipinski definition) is 5. The van der Waals surface area contributed by atoms with Gasteiger partial charge in [-0.3, -0.25) is 14.5 Å². The molecule has 0 aromatic heterocycles. The summed E-state index contributed by atoms with van der Waals surface area (Å²) in [6, 6.07) is 14.4. The highest BCUT2D eigenvalue weighted by molar-refractivity contribution is 7.89. The molecule has 0 saturated carbocycles. The van der Waals surface area contributed by atoms with E-state index in [2.05, 4.69) is 12.2 Å². The lowest BCUT2D eigenvalue weighted by molar-refractivity contribution is -0.125. The fraction of sp³-hybridized carbons (Fsp3) is 0.462. The number of carbonyl (C=O) groups is 2. The van der Waals surface area contributed by atoms with Crippen molar-refractivity contribution in [3.05, 3.63) is 54.1 Å². The Hall–Kier alpha value is -2.91. The number of ether oxygens (including phenoxy) is 1. The van der Waals surface area contributed by atoms with Crippen LogP contribution in [0.2, 0.25) is 0 Å². The molecule has 0 spiro atoms. The molecule has 2 amide bonds. The van der Waals surface area contributed by atoms with Crippen molar-refractivity contribution < 1.29 is 22.7 Å². The number of amides is 2. The Bertz CT molecular complexity index is 1160. The monoisotopic (exact) mass is 499 g/mol. The van der Waals surface area contributed by atoms with Gasteiger partial charge < -0.3 is 10.1 Å². The summed E-state index contributed by atoms with van der Waals surface area (Å²) in [4.78, 5) is 27.0. The van der Waals surface area contributed by atoms with Crippen LogP contribution in [0.5, 0.6) is 5.75 Å². The lowest BCUT2D eigenvalue weighted by Crippen LogP contribution is -2.47. The maximum Gasteiger partial charge on any atom is 0.265 e. The summed E-state index contributed by atoms with van der Waals surface area (Å²) in [6.45, 7) is 4.67. The average Bonchev–Trinajstić information content (AvgIpc) is 2.86. The van der Waals surface area contributed by atoms with Gasteiger partial charge in [0.25, 0.3) is 5.91 Å². The van der Waals surface area contributed by atoms with E-state index < -0.39 is 10.0 Å². The van der Waals surface area contributed by atoms with Crippen molar-refractivity contribution >= 4 is 27.5 Å². The van der Waals surface area contributed by atoms with E-state index in [0.29, 0.717) is 36.9 Å². The Morgan fingerprint density at radius 2 is 1.86 bits per heavy atom. The molecule has 188 valence electrons. The van der Waals surface area contributed by atoms with E-state index >= 15 is 0 Å². The second-order valence-electron chi connectivity index (χ2n) is 9.35. The third-order valence-electron chi connectivity index (χ3n) is 6.74. The minimum Gasteiger partial charge on any atom is -0.482 e. The van der Waals surface area contributed by atoms with Gasteiger partial charge in [-0.15, -0.1) is 0 Å². The van der Waals surface area contributed by atoms with Gasteiger partial charge in [-0.1, -0.05) is 44.2 Å². The van der Waals surface area contributed by atoms with Crippen molar-refractivity contribution in [2.75, 3.05) is 31.1 Å². The normalized spacial score (nSPS) is 18.0. The van der Waals surface area contributed by atoms with Gasteiger partial charge in [0, 0.05) is 19.1 Å². The van der Waals surface area contributed by atoms with Crippen LogP contribution in [0.4, 0.5) is 5.69 Å². The third-order valence-corrected chi connectivity index (χ3v) is 8.63. The maximum absolute atomic E-state index is 13.3. The number of sulfonamides is 1. The van der Waals surface area contributed by atoms with Crippen molar-refractivity contribution in [1.29, 1.82) is 0 Å².